The number of fused-ring (bicyclic) bond motifs is 1. The zero-order chi connectivity index (χ0) is 10.3. The fourth-order valence-electron chi connectivity index (χ4n) is 2.11. The average Bonchev–Trinajstić information content (AvgIpc) is 2.95. The fourth-order valence-corrected chi connectivity index (χ4v) is 3.43. The van der Waals surface area contributed by atoms with Gasteiger partial charge in [-0.05, 0) is 47.1 Å². The third kappa shape index (κ3) is 1.68. The first-order valence-corrected chi connectivity index (χ1v) is 6.76. The lowest BCUT2D eigenvalue weighted by atomic mass is 9.98. The maximum atomic E-state index is 6.03. The third-order valence-electron chi connectivity index (χ3n) is 3.37. The van der Waals surface area contributed by atoms with Gasteiger partial charge in [0.15, 0.2) is 0 Å². The molecule has 0 unspecified atom stereocenters. The van der Waals surface area contributed by atoms with Crippen LogP contribution in [0.4, 0.5) is 0 Å². The van der Waals surface area contributed by atoms with Gasteiger partial charge in [0.2, 0.25) is 0 Å². The summed E-state index contributed by atoms with van der Waals surface area (Å²) in [5.41, 5.74) is 1.93. The van der Waals surface area contributed by atoms with E-state index < -0.39 is 0 Å². The number of hydrogen-bond acceptors (Lipinski definition) is 1. The van der Waals surface area contributed by atoms with Crippen molar-refractivity contribution in [3.05, 3.63) is 35.2 Å². The normalized spacial score (nSPS) is 18.2. The standard InChI is InChI=1S/C13H13ClS/c14-9-13(5-6-13)7-10-8-15-12-4-2-1-3-11(10)12/h1-4,8H,5-7,9H2. The number of halogens is 1. The molecule has 1 aromatic carbocycles. The Morgan fingerprint density at radius 1 is 1.27 bits per heavy atom. The Kier molecular flexibility index (Phi) is 2.26. The summed E-state index contributed by atoms with van der Waals surface area (Å²) in [4.78, 5) is 0. The fraction of sp³-hybridized carbons (Fsp3) is 0.385. The molecule has 1 aromatic heterocycles. The van der Waals surface area contributed by atoms with Crippen molar-refractivity contribution in [3.63, 3.8) is 0 Å². The minimum atomic E-state index is 0.436. The summed E-state index contributed by atoms with van der Waals surface area (Å²) >= 11 is 7.88. The Balaban J connectivity index is 1.98. The molecule has 1 aliphatic carbocycles. The molecule has 0 spiro atoms. The molecule has 0 nitrogen and oxygen atoms in total. The van der Waals surface area contributed by atoms with E-state index in [0.717, 1.165) is 5.88 Å². The van der Waals surface area contributed by atoms with Crippen LogP contribution in [-0.4, -0.2) is 5.88 Å². The molecule has 1 fully saturated rings. The van der Waals surface area contributed by atoms with Gasteiger partial charge in [-0.25, -0.2) is 0 Å². The molecule has 0 bridgehead atoms. The molecule has 2 heteroatoms. The molecule has 0 N–H and O–H groups in total. The molecular weight excluding hydrogens is 224 g/mol. The van der Waals surface area contributed by atoms with Crippen LogP contribution < -0.4 is 0 Å². The predicted molar refractivity (Wildman–Crippen MR) is 67.9 cm³/mol. The minimum absolute atomic E-state index is 0.436. The van der Waals surface area contributed by atoms with E-state index >= 15 is 0 Å². The SMILES string of the molecule is ClCC1(Cc2csc3ccccc23)CC1. The number of alkyl halides is 1. The maximum Gasteiger partial charge on any atom is 0.0345 e. The first kappa shape index (κ1) is 9.68. The topological polar surface area (TPSA) is 0 Å². The summed E-state index contributed by atoms with van der Waals surface area (Å²) in [7, 11) is 0. The Morgan fingerprint density at radius 3 is 2.80 bits per heavy atom. The van der Waals surface area contributed by atoms with Crippen LogP contribution >= 0.6 is 22.9 Å². The van der Waals surface area contributed by atoms with E-state index in [1.807, 2.05) is 11.3 Å². The van der Waals surface area contributed by atoms with E-state index in [0.29, 0.717) is 5.41 Å². The van der Waals surface area contributed by atoms with E-state index in [9.17, 15) is 0 Å². The lowest BCUT2D eigenvalue weighted by Gasteiger charge is -2.09. The first-order valence-electron chi connectivity index (χ1n) is 5.34. The predicted octanol–water partition coefficient (Wildman–Crippen LogP) is 4.46. The second kappa shape index (κ2) is 3.50. The van der Waals surface area contributed by atoms with Gasteiger partial charge in [-0.2, -0.15) is 0 Å². The lowest BCUT2D eigenvalue weighted by Crippen LogP contribution is -2.05. The van der Waals surface area contributed by atoms with Crippen LogP contribution in [0.5, 0.6) is 0 Å². The van der Waals surface area contributed by atoms with Crippen molar-refractivity contribution in [1.29, 1.82) is 0 Å². The van der Waals surface area contributed by atoms with Crippen molar-refractivity contribution < 1.29 is 0 Å². The van der Waals surface area contributed by atoms with Gasteiger partial charge in [0, 0.05) is 10.6 Å². The Labute approximate surface area is 98.9 Å². The van der Waals surface area contributed by atoms with Crippen LogP contribution in [0.3, 0.4) is 0 Å². The molecule has 0 atom stereocenters. The highest BCUT2D eigenvalue weighted by atomic mass is 35.5. The van der Waals surface area contributed by atoms with E-state index in [2.05, 4.69) is 29.6 Å². The molecule has 0 saturated heterocycles. The third-order valence-corrected chi connectivity index (χ3v) is 4.95. The van der Waals surface area contributed by atoms with E-state index in [-0.39, 0.29) is 0 Å². The molecule has 1 heterocycles. The van der Waals surface area contributed by atoms with E-state index in [4.69, 9.17) is 11.6 Å². The lowest BCUT2D eigenvalue weighted by molar-refractivity contribution is 0.581. The zero-order valence-electron chi connectivity index (χ0n) is 8.50. The molecule has 3 rings (SSSR count). The highest BCUT2D eigenvalue weighted by Crippen LogP contribution is 2.50. The number of benzene rings is 1. The summed E-state index contributed by atoms with van der Waals surface area (Å²) in [6.07, 6.45) is 3.78. The van der Waals surface area contributed by atoms with Crippen LogP contribution in [-0.2, 0) is 6.42 Å². The molecule has 1 saturated carbocycles. The van der Waals surface area contributed by atoms with Crippen LogP contribution in [0.25, 0.3) is 10.1 Å². The van der Waals surface area contributed by atoms with Crippen LogP contribution in [0, 0.1) is 5.41 Å². The summed E-state index contributed by atoms with van der Waals surface area (Å²) in [6.45, 7) is 0. The smallest absolute Gasteiger partial charge is 0.0345 e. The Hall–Kier alpha value is -0.530. The van der Waals surface area contributed by atoms with Crippen molar-refractivity contribution in [2.24, 2.45) is 5.41 Å². The van der Waals surface area contributed by atoms with Gasteiger partial charge in [-0.15, -0.1) is 22.9 Å². The molecule has 0 radical (unpaired) electrons. The quantitative estimate of drug-likeness (QED) is 0.691. The van der Waals surface area contributed by atoms with Gasteiger partial charge in [0.25, 0.3) is 0 Å². The van der Waals surface area contributed by atoms with Crippen LogP contribution in [0.1, 0.15) is 18.4 Å². The van der Waals surface area contributed by atoms with Gasteiger partial charge >= 0.3 is 0 Å². The second-order valence-corrected chi connectivity index (χ2v) is 5.75. The monoisotopic (exact) mass is 236 g/mol. The number of hydrogen-bond donors (Lipinski definition) is 0. The molecular formula is C13H13ClS. The summed E-state index contributed by atoms with van der Waals surface area (Å²) in [6, 6.07) is 8.66. The van der Waals surface area contributed by atoms with Crippen LogP contribution in [0.15, 0.2) is 29.6 Å². The average molecular weight is 237 g/mol. The van der Waals surface area contributed by atoms with E-state index in [1.165, 1.54) is 34.9 Å². The molecule has 0 amide bonds. The van der Waals surface area contributed by atoms with Gasteiger partial charge in [0.1, 0.15) is 0 Å². The Bertz CT molecular complexity index is 482. The number of rotatable bonds is 3. The maximum absolute atomic E-state index is 6.03. The summed E-state index contributed by atoms with van der Waals surface area (Å²) in [5, 5.41) is 3.73. The molecule has 0 aliphatic heterocycles. The summed E-state index contributed by atoms with van der Waals surface area (Å²) < 4.78 is 1.40. The molecule has 1 aliphatic rings. The van der Waals surface area contributed by atoms with Crippen LogP contribution in [0.2, 0.25) is 0 Å². The molecule has 15 heavy (non-hydrogen) atoms. The van der Waals surface area contributed by atoms with Gasteiger partial charge in [-0.1, -0.05) is 18.2 Å². The van der Waals surface area contributed by atoms with Crippen molar-refractivity contribution in [2.75, 3.05) is 5.88 Å². The highest BCUT2D eigenvalue weighted by molar-refractivity contribution is 7.17. The van der Waals surface area contributed by atoms with Crippen molar-refractivity contribution in [3.8, 4) is 0 Å². The van der Waals surface area contributed by atoms with Gasteiger partial charge < -0.3 is 0 Å². The Morgan fingerprint density at radius 2 is 2.07 bits per heavy atom. The summed E-state index contributed by atoms with van der Waals surface area (Å²) in [5.74, 6) is 0.817. The minimum Gasteiger partial charge on any atom is -0.144 e. The van der Waals surface area contributed by atoms with Gasteiger partial charge in [-0.3, -0.25) is 0 Å². The zero-order valence-corrected chi connectivity index (χ0v) is 10.1. The highest BCUT2D eigenvalue weighted by Gasteiger charge is 2.41. The van der Waals surface area contributed by atoms with Crippen molar-refractivity contribution in [2.45, 2.75) is 19.3 Å². The van der Waals surface area contributed by atoms with Crippen molar-refractivity contribution >= 4 is 33.0 Å². The van der Waals surface area contributed by atoms with Gasteiger partial charge in [0.05, 0.1) is 0 Å². The number of thiophene rings is 1. The van der Waals surface area contributed by atoms with E-state index in [1.54, 1.807) is 0 Å². The van der Waals surface area contributed by atoms with Crippen molar-refractivity contribution in [1.82, 2.24) is 0 Å². The molecule has 2 aromatic rings. The first-order chi connectivity index (χ1) is 7.33. The largest absolute Gasteiger partial charge is 0.144 e. The molecule has 78 valence electrons. The second-order valence-electron chi connectivity index (χ2n) is 4.57.